The fraction of sp³-hybridized carbons (Fsp3) is 0.471. The van der Waals surface area contributed by atoms with Crippen LogP contribution in [-0.2, 0) is 16.0 Å². The van der Waals surface area contributed by atoms with Crippen molar-refractivity contribution in [2.75, 3.05) is 37.0 Å². The van der Waals surface area contributed by atoms with Gasteiger partial charge in [-0.2, -0.15) is 11.8 Å². The number of anilines is 1. The molecule has 4 rings (SSSR count). The third kappa shape index (κ3) is 2.15. The van der Waals surface area contributed by atoms with Crippen LogP contribution in [0.15, 0.2) is 18.2 Å². The number of urea groups is 1. The zero-order valence-corrected chi connectivity index (χ0v) is 15.6. The Labute approximate surface area is 155 Å². The van der Waals surface area contributed by atoms with Gasteiger partial charge in [0.05, 0.1) is 6.04 Å². The van der Waals surface area contributed by atoms with Crippen molar-refractivity contribution >= 4 is 46.9 Å². The first-order valence-corrected chi connectivity index (χ1v) is 9.64. The van der Waals surface area contributed by atoms with E-state index >= 15 is 0 Å². The van der Waals surface area contributed by atoms with E-state index in [2.05, 4.69) is 4.90 Å². The lowest BCUT2D eigenvalue weighted by molar-refractivity contribution is -0.158. The highest BCUT2D eigenvalue weighted by atomic mass is 35.5. The molecule has 2 saturated heterocycles. The van der Waals surface area contributed by atoms with E-state index in [4.69, 9.17) is 11.6 Å². The molecule has 0 N–H and O–H groups in total. The number of rotatable bonds is 0. The molecule has 2 fully saturated rings. The van der Waals surface area contributed by atoms with Gasteiger partial charge in [-0.1, -0.05) is 17.7 Å². The maximum atomic E-state index is 13.2. The summed E-state index contributed by atoms with van der Waals surface area (Å²) in [4.78, 5) is 42.9. The van der Waals surface area contributed by atoms with Gasteiger partial charge < -0.3 is 4.90 Å². The van der Waals surface area contributed by atoms with Crippen LogP contribution < -0.4 is 4.90 Å². The van der Waals surface area contributed by atoms with Gasteiger partial charge in [-0.3, -0.25) is 19.4 Å². The van der Waals surface area contributed by atoms with Crippen LogP contribution in [0, 0.1) is 5.41 Å². The van der Waals surface area contributed by atoms with Gasteiger partial charge in [0.15, 0.2) is 5.41 Å². The molecule has 25 heavy (non-hydrogen) atoms. The van der Waals surface area contributed by atoms with Gasteiger partial charge in [0.2, 0.25) is 11.8 Å². The van der Waals surface area contributed by atoms with Crippen LogP contribution in [0.2, 0.25) is 5.02 Å². The lowest BCUT2D eigenvalue weighted by Crippen LogP contribution is -2.72. The smallest absolute Gasteiger partial charge is 0.332 e. The summed E-state index contributed by atoms with van der Waals surface area (Å²) in [5.74, 6) is 0.780. The van der Waals surface area contributed by atoms with Crippen LogP contribution >= 0.6 is 23.4 Å². The van der Waals surface area contributed by atoms with Crippen molar-refractivity contribution in [3.05, 3.63) is 28.8 Å². The minimum absolute atomic E-state index is 0.282. The SMILES string of the molecule is CN1C(=O)N(C)C(=O)C2(Cc3ccc(Cl)cc3N3CCSCC32)C1=O. The van der Waals surface area contributed by atoms with Crippen LogP contribution in [0.3, 0.4) is 0 Å². The van der Waals surface area contributed by atoms with Crippen LogP contribution in [0.25, 0.3) is 0 Å². The average molecular weight is 380 g/mol. The second-order valence-electron chi connectivity index (χ2n) is 6.72. The fourth-order valence-electron chi connectivity index (χ4n) is 4.20. The number of hydrogen-bond donors (Lipinski definition) is 0. The lowest BCUT2D eigenvalue weighted by Gasteiger charge is -2.54. The van der Waals surface area contributed by atoms with E-state index in [9.17, 15) is 14.4 Å². The van der Waals surface area contributed by atoms with E-state index in [1.54, 1.807) is 17.8 Å². The first-order chi connectivity index (χ1) is 11.9. The molecule has 3 heterocycles. The summed E-state index contributed by atoms with van der Waals surface area (Å²) in [6, 6.07) is 4.72. The lowest BCUT2D eigenvalue weighted by atomic mass is 9.68. The number of halogens is 1. The van der Waals surface area contributed by atoms with Crippen molar-refractivity contribution in [2.45, 2.75) is 12.5 Å². The molecule has 6 nitrogen and oxygen atoms in total. The third-order valence-electron chi connectivity index (χ3n) is 5.47. The average Bonchev–Trinajstić information content (AvgIpc) is 2.63. The number of nitrogens with zero attached hydrogens (tertiary/aromatic N) is 3. The van der Waals surface area contributed by atoms with Crippen LogP contribution in [0.4, 0.5) is 10.5 Å². The first kappa shape index (κ1) is 16.7. The van der Waals surface area contributed by atoms with E-state index in [1.165, 1.54) is 14.1 Å². The normalized spacial score (nSPS) is 25.3. The van der Waals surface area contributed by atoms with Gasteiger partial charge in [-0.15, -0.1) is 0 Å². The number of carbonyl (C=O) groups excluding carboxylic acids is 3. The molecular formula is C17H18ClN3O3S. The molecule has 0 bridgehead atoms. The molecule has 1 spiro atoms. The topological polar surface area (TPSA) is 60.9 Å². The molecule has 1 unspecified atom stereocenters. The summed E-state index contributed by atoms with van der Waals surface area (Å²) in [7, 11) is 2.90. The molecule has 8 heteroatoms. The molecular weight excluding hydrogens is 362 g/mol. The standard InChI is InChI=1S/C17H18ClN3O3S/c1-19-14(22)17(15(23)20(2)16(19)24)8-10-3-4-11(18)7-12(10)21-5-6-25-9-13(17)21/h3-4,7,13H,5-6,8-9H2,1-2H3. The maximum absolute atomic E-state index is 13.2. The number of fused-ring (bicyclic) bond motifs is 4. The number of hydrogen-bond acceptors (Lipinski definition) is 5. The Hall–Kier alpha value is -1.73. The van der Waals surface area contributed by atoms with Crippen molar-refractivity contribution in [1.29, 1.82) is 0 Å². The van der Waals surface area contributed by atoms with Crippen molar-refractivity contribution in [3.8, 4) is 0 Å². The highest BCUT2D eigenvalue weighted by molar-refractivity contribution is 7.99. The largest absolute Gasteiger partial charge is 0.365 e. The zero-order chi connectivity index (χ0) is 17.9. The van der Waals surface area contributed by atoms with Crippen LogP contribution in [0.1, 0.15) is 5.56 Å². The quantitative estimate of drug-likeness (QED) is 0.644. The van der Waals surface area contributed by atoms with Crippen molar-refractivity contribution in [2.24, 2.45) is 5.41 Å². The minimum Gasteiger partial charge on any atom is -0.365 e. The highest BCUT2D eigenvalue weighted by Crippen LogP contribution is 2.48. The molecule has 1 atom stereocenters. The van der Waals surface area contributed by atoms with Crippen LogP contribution in [0.5, 0.6) is 0 Å². The van der Waals surface area contributed by atoms with E-state index in [1.807, 2.05) is 12.1 Å². The second kappa shape index (κ2) is 5.64. The van der Waals surface area contributed by atoms with E-state index < -0.39 is 23.3 Å². The molecule has 1 aromatic rings. The van der Waals surface area contributed by atoms with Gasteiger partial charge in [-0.25, -0.2) is 4.79 Å². The summed E-state index contributed by atoms with van der Waals surface area (Å²) in [5.41, 5.74) is 0.655. The minimum atomic E-state index is -1.26. The molecule has 0 radical (unpaired) electrons. The van der Waals surface area contributed by atoms with Crippen molar-refractivity contribution in [3.63, 3.8) is 0 Å². The number of carbonyl (C=O) groups is 3. The predicted octanol–water partition coefficient (Wildman–Crippen LogP) is 1.85. The zero-order valence-electron chi connectivity index (χ0n) is 14.0. The number of barbiturate groups is 1. The van der Waals surface area contributed by atoms with E-state index in [0.29, 0.717) is 17.2 Å². The third-order valence-corrected chi connectivity index (χ3v) is 6.73. The highest BCUT2D eigenvalue weighted by Gasteiger charge is 2.63. The molecule has 132 valence electrons. The van der Waals surface area contributed by atoms with Gasteiger partial charge in [0.1, 0.15) is 0 Å². The summed E-state index contributed by atoms with van der Waals surface area (Å²) >= 11 is 7.91. The van der Waals surface area contributed by atoms with E-state index in [0.717, 1.165) is 33.3 Å². The van der Waals surface area contributed by atoms with Gasteiger partial charge in [0, 0.05) is 42.9 Å². The maximum Gasteiger partial charge on any atom is 0.332 e. The molecule has 1 aromatic carbocycles. The molecule has 0 aliphatic carbocycles. The monoisotopic (exact) mass is 379 g/mol. The van der Waals surface area contributed by atoms with Crippen molar-refractivity contribution in [1.82, 2.24) is 9.80 Å². The Kier molecular flexibility index (Phi) is 3.77. The van der Waals surface area contributed by atoms with Gasteiger partial charge >= 0.3 is 6.03 Å². The Morgan fingerprint density at radius 1 is 1.16 bits per heavy atom. The predicted molar refractivity (Wildman–Crippen MR) is 97.0 cm³/mol. The summed E-state index contributed by atoms with van der Waals surface area (Å²) in [6.45, 7) is 0.742. The first-order valence-electron chi connectivity index (χ1n) is 8.11. The Morgan fingerprint density at radius 2 is 1.84 bits per heavy atom. The van der Waals surface area contributed by atoms with Gasteiger partial charge in [0.25, 0.3) is 0 Å². The molecule has 0 aromatic heterocycles. The Morgan fingerprint density at radius 3 is 2.52 bits per heavy atom. The fourth-order valence-corrected chi connectivity index (χ4v) is 5.54. The van der Waals surface area contributed by atoms with Crippen molar-refractivity contribution < 1.29 is 14.4 Å². The second-order valence-corrected chi connectivity index (χ2v) is 8.30. The molecule has 3 aliphatic heterocycles. The number of thioether (sulfide) groups is 1. The van der Waals surface area contributed by atoms with Gasteiger partial charge in [-0.05, 0) is 24.1 Å². The molecule has 4 amide bonds. The summed E-state index contributed by atoms with van der Waals surface area (Å²) < 4.78 is 0. The molecule has 3 aliphatic rings. The van der Waals surface area contributed by atoms with E-state index in [-0.39, 0.29) is 6.04 Å². The van der Waals surface area contributed by atoms with Crippen LogP contribution in [-0.4, -0.2) is 65.8 Å². The molecule has 0 saturated carbocycles. The number of amides is 4. The Balaban J connectivity index is 1.92. The summed E-state index contributed by atoms with van der Waals surface area (Å²) in [6.07, 6.45) is 0.293. The number of benzene rings is 1. The number of imide groups is 2. The Bertz CT molecular complexity index is 775. The summed E-state index contributed by atoms with van der Waals surface area (Å²) in [5, 5.41) is 0.636.